The average Bonchev–Trinajstić information content (AvgIpc) is 2.37. The number of pyridine rings is 1. The van der Waals surface area contributed by atoms with Crippen molar-refractivity contribution in [2.45, 2.75) is 23.6 Å². The molecule has 18 heavy (non-hydrogen) atoms. The van der Waals surface area contributed by atoms with Crippen LogP contribution >= 0.6 is 11.8 Å². The van der Waals surface area contributed by atoms with E-state index in [0.717, 1.165) is 16.0 Å². The number of benzene rings is 1. The van der Waals surface area contributed by atoms with E-state index in [0.29, 0.717) is 5.75 Å². The normalized spacial score (nSPS) is 12.4. The molecule has 0 bridgehead atoms. The first kappa shape index (κ1) is 13.1. The third kappa shape index (κ3) is 3.55. The molecule has 4 heteroatoms. The fraction of sp³-hybridized carbons (Fsp3) is 0.214. The third-order valence-electron chi connectivity index (χ3n) is 2.55. The minimum Gasteiger partial charge on any atom is -0.324 e. The molecule has 0 radical (unpaired) electrons. The van der Waals surface area contributed by atoms with E-state index in [1.54, 1.807) is 18.0 Å². The Morgan fingerprint density at radius 1 is 1.33 bits per heavy atom. The van der Waals surface area contributed by atoms with Crippen molar-refractivity contribution in [1.29, 1.82) is 0 Å². The van der Waals surface area contributed by atoms with E-state index in [2.05, 4.69) is 11.1 Å². The van der Waals surface area contributed by atoms with Gasteiger partial charge in [0.15, 0.2) is 0 Å². The number of aromatic nitrogens is 1. The minimum absolute atomic E-state index is 0.0291. The molecular weight excluding hydrogens is 247 g/mol. The lowest BCUT2D eigenvalue weighted by Crippen LogP contribution is -2.04. The highest BCUT2D eigenvalue weighted by Crippen LogP contribution is 2.25. The van der Waals surface area contributed by atoms with Gasteiger partial charge in [-0.1, -0.05) is 12.1 Å². The van der Waals surface area contributed by atoms with Gasteiger partial charge >= 0.3 is 0 Å². The van der Waals surface area contributed by atoms with Gasteiger partial charge < -0.3 is 5.73 Å². The number of rotatable bonds is 4. The molecule has 94 valence electrons. The standard InChI is InChI=1S/C14H15FN2S/c1-10(16)12-3-2-4-14(6-12)18-9-11-5-13(15)8-17-7-11/h2-8,10H,9,16H2,1H3. The second-order valence-corrected chi connectivity index (χ2v) is 5.21. The minimum atomic E-state index is -0.294. The summed E-state index contributed by atoms with van der Waals surface area (Å²) in [4.78, 5) is 4.97. The molecule has 1 atom stereocenters. The lowest BCUT2D eigenvalue weighted by atomic mass is 10.1. The third-order valence-corrected chi connectivity index (χ3v) is 3.62. The van der Waals surface area contributed by atoms with Gasteiger partial charge in [-0.15, -0.1) is 11.8 Å². The Bertz CT molecular complexity index is 529. The van der Waals surface area contributed by atoms with Crippen LogP contribution in [0.1, 0.15) is 24.1 Å². The van der Waals surface area contributed by atoms with Gasteiger partial charge in [-0.2, -0.15) is 0 Å². The van der Waals surface area contributed by atoms with E-state index in [1.807, 2.05) is 25.1 Å². The van der Waals surface area contributed by atoms with Crippen LogP contribution in [0.25, 0.3) is 0 Å². The van der Waals surface area contributed by atoms with Crippen molar-refractivity contribution in [3.05, 3.63) is 59.7 Å². The Labute approximate surface area is 110 Å². The summed E-state index contributed by atoms with van der Waals surface area (Å²) < 4.78 is 13.0. The molecule has 0 saturated carbocycles. The summed E-state index contributed by atoms with van der Waals surface area (Å²) >= 11 is 1.65. The van der Waals surface area contributed by atoms with Gasteiger partial charge in [-0.05, 0) is 36.2 Å². The Hall–Kier alpha value is -1.39. The number of nitrogens with two attached hydrogens (primary N) is 1. The predicted octanol–water partition coefficient (Wildman–Crippen LogP) is 3.53. The van der Waals surface area contributed by atoms with Crippen LogP contribution in [0.5, 0.6) is 0 Å². The van der Waals surface area contributed by atoms with Crippen molar-refractivity contribution in [3.63, 3.8) is 0 Å². The first-order valence-corrected chi connectivity index (χ1v) is 6.71. The zero-order valence-corrected chi connectivity index (χ0v) is 11.0. The first-order chi connectivity index (χ1) is 8.65. The fourth-order valence-corrected chi connectivity index (χ4v) is 2.47. The maximum atomic E-state index is 13.0. The van der Waals surface area contributed by atoms with Gasteiger partial charge in [0.2, 0.25) is 0 Å². The van der Waals surface area contributed by atoms with Crippen LogP contribution in [-0.4, -0.2) is 4.98 Å². The van der Waals surface area contributed by atoms with E-state index < -0.39 is 0 Å². The number of hydrogen-bond donors (Lipinski definition) is 1. The second kappa shape index (κ2) is 5.98. The Kier molecular flexibility index (Phi) is 4.33. The van der Waals surface area contributed by atoms with Crippen molar-refractivity contribution < 1.29 is 4.39 Å². The molecule has 1 aromatic carbocycles. The molecule has 2 N–H and O–H groups in total. The zero-order valence-electron chi connectivity index (χ0n) is 10.1. The molecule has 0 fully saturated rings. The van der Waals surface area contributed by atoms with Crippen molar-refractivity contribution in [2.75, 3.05) is 0 Å². The number of hydrogen-bond acceptors (Lipinski definition) is 3. The number of halogens is 1. The molecule has 1 unspecified atom stereocenters. The van der Waals surface area contributed by atoms with Crippen molar-refractivity contribution in [3.8, 4) is 0 Å². The van der Waals surface area contributed by atoms with Gasteiger partial charge in [-0.25, -0.2) is 4.39 Å². The molecule has 0 spiro atoms. The Morgan fingerprint density at radius 3 is 2.89 bits per heavy atom. The van der Waals surface area contributed by atoms with Crippen LogP contribution in [-0.2, 0) is 5.75 Å². The molecule has 0 amide bonds. The Balaban J connectivity index is 2.04. The van der Waals surface area contributed by atoms with E-state index in [9.17, 15) is 4.39 Å². The van der Waals surface area contributed by atoms with Crippen LogP contribution in [0.3, 0.4) is 0 Å². The SMILES string of the molecule is CC(N)c1cccc(SCc2cncc(F)c2)c1. The molecular formula is C14H15FN2S. The van der Waals surface area contributed by atoms with Crippen molar-refractivity contribution in [1.82, 2.24) is 4.98 Å². The van der Waals surface area contributed by atoms with E-state index in [1.165, 1.54) is 12.3 Å². The van der Waals surface area contributed by atoms with Crippen molar-refractivity contribution >= 4 is 11.8 Å². The summed E-state index contributed by atoms with van der Waals surface area (Å²) in [5, 5.41) is 0. The lowest BCUT2D eigenvalue weighted by molar-refractivity contribution is 0.619. The summed E-state index contributed by atoms with van der Waals surface area (Å²) in [5.41, 5.74) is 7.83. The number of nitrogens with zero attached hydrogens (tertiary/aromatic N) is 1. The second-order valence-electron chi connectivity index (χ2n) is 4.16. The van der Waals surface area contributed by atoms with Crippen LogP contribution in [0.4, 0.5) is 4.39 Å². The molecule has 2 nitrogen and oxygen atoms in total. The highest BCUT2D eigenvalue weighted by Gasteiger charge is 2.02. The van der Waals surface area contributed by atoms with Crippen LogP contribution in [0.15, 0.2) is 47.6 Å². The summed E-state index contributed by atoms with van der Waals surface area (Å²) in [6.45, 7) is 1.96. The zero-order chi connectivity index (χ0) is 13.0. The molecule has 1 aromatic heterocycles. The summed E-state index contributed by atoms with van der Waals surface area (Å²) in [6, 6.07) is 9.64. The highest BCUT2D eigenvalue weighted by molar-refractivity contribution is 7.98. The topological polar surface area (TPSA) is 38.9 Å². The fourth-order valence-electron chi connectivity index (χ4n) is 1.59. The summed E-state index contributed by atoms with van der Waals surface area (Å²) in [7, 11) is 0. The monoisotopic (exact) mass is 262 g/mol. The van der Waals surface area contributed by atoms with Crippen LogP contribution in [0, 0.1) is 5.82 Å². The van der Waals surface area contributed by atoms with E-state index in [4.69, 9.17) is 5.73 Å². The molecule has 1 heterocycles. The lowest BCUT2D eigenvalue weighted by Gasteiger charge is -2.08. The first-order valence-electron chi connectivity index (χ1n) is 5.73. The average molecular weight is 262 g/mol. The van der Waals surface area contributed by atoms with Crippen molar-refractivity contribution in [2.24, 2.45) is 5.73 Å². The predicted molar refractivity (Wildman–Crippen MR) is 72.8 cm³/mol. The molecule has 0 aliphatic rings. The smallest absolute Gasteiger partial charge is 0.141 e. The van der Waals surface area contributed by atoms with E-state index in [-0.39, 0.29) is 11.9 Å². The molecule has 2 aromatic rings. The van der Waals surface area contributed by atoms with Gasteiger partial charge in [0, 0.05) is 22.9 Å². The summed E-state index contributed by atoms with van der Waals surface area (Å²) in [5.74, 6) is 0.408. The van der Waals surface area contributed by atoms with E-state index >= 15 is 0 Å². The largest absolute Gasteiger partial charge is 0.324 e. The highest BCUT2D eigenvalue weighted by atomic mass is 32.2. The van der Waals surface area contributed by atoms with Gasteiger partial charge in [0.25, 0.3) is 0 Å². The van der Waals surface area contributed by atoms with Gasteiger partial charge in [0.1, 0.15) is 5.82 Å². The molecule has 0 saturated heterocycles. The Morgan fingerprint density at radius 2 is 2.17 bits per heavy atom. The van der Waals surface area contributed by atoms with Gasteiger partial charge in [-0.3, -0.25) is 4.98 Å². The molecule has 0 aliphatic carbocycles. The summed E-state index contributed by atoms with van der Waals surface area (Å²) in [6.07, 6.45) is 2.90. The molecule has 2 rings (SSSR count). The van der Waals surface area contributed by atoms with Crippen LogP contribution in [0.2, 0.25) is 0 Å². The van der Waals surface area contributed by atoms with Crippen LogP contribution < -0.4 is 5.73 Å². The molecule has 0 aliphatic heterocycles. The van der Waals surface area contributed by atoms with Gasteiger partial charge in [0.05, 0.1) is 6.20 Å². The maximum absolute atomic E-state index is 13.0. The maximum Gasteiger partial charge on any atom is 0.141 e. The number of thioether (sulfide) groups is 1. The quantitative estimate of drug-likeness (QED) is 0.857.